The van der Waals surface area contributed by atoms with Crippen molar-refractivity contribution in [2.24, 2.45) is 0 Å². The maximum Gasteiger partial charge on any atom is 0.323 e. The molecule has 2 aromatic carbocycles. The summed E-state index contributed by atoms with van der Waals surface area (Å²) in [7, 11) is 1.58. The highest BCUT2D eigenvalue weighted by atomic mass is 32.1. The second kappa shape index (κ2) is 11.7. The van der Waals surface area contributed by atoms with Crippen LogP contribution in [0.2, 0.25) is 0 Å². The molecule has 0 bridgehead atoms. The Hall–Kier alpha value is -3.14. The van der Waals surface area contributed by atoms with Gasteiger partial charge in [-0.1, -0.05) is 45.0 Å². The molecule has 2 heterocycles. The fourth-order valence-electron chi connectivity index (χ4n) is 4.67. The van der Waals surface area contributed by atoms with E-state index in [0.717, 1.165) is 41.0 Å². The van der Waals surface area contributed by atoms with Gasteiger partial charge in [-0.2, -0.15) is 0 Å². The number of hydrogen-bond donors (Lipinski definition) is 3. The minimum absolute atomic E-state index is 0.145. The van der Waals surface area contributed by atoms with Crippen LogP contribution in [0.1, 0.15) is 49.2 Å². The fraction of sp³-hybridized carbons (Fsp3) is 0.448. The molecule has 38 heavy (non-hydrogen) atoms. The van der Waals surface area contributed by atoms with Gasteiger partial charge in [0.2, 0.25) is 0 Å². The molecule has 204 valence electrons. The first kappa shape index (κ1) is 27.9. The average Bonchev–Trinajstić information content (AvgIpc) is 3.28. The predicted octanol–water partition coefficient (Wildman–Crippen LogP) is 5.69. The summed E-state index contributed by atoms with van der Waals surface area (Å²) in [6.07, 6.45) is 0.440. The topological polar surface area (TPSA) is 91.9 Å². The number of fused-ring (bicyclic) bond motifs is 1. The molecule has 0 spiro atoms. The third-order valence-electron chi connectivity index (χ3n) is 6.45. The van der Waals surface area contributed by atoms with E-state index in [9.17, 15) is 9.59 Å². The summed E-state index contributed by atoms with van der Waals surface area (Å²) >= 11 is 1.39. The molecule has 3 amide bonds. The summed E-state index contributed by atoms with van der Waals surface area (Å²) in [6.45, 7) is 13.6. The number of carbonyl (C=O) groups is 2. The number of urea groups is 1. The van der Waals surface area contributed by atoms with Gasteiger partial charge in [-0.15, -0.1) is 11.3 Å². The number of rotatable bonds is 7. The number of nitrogens with zero attached hydrogens (tertiary/aromatic N) is 1. The Morgan fingerprint density at radius 1 is 1.03 bits per heavy atom. The summed E-state index contributed by atoms with van der Waals surface area (Å²) in [5.74, 6) is 0.546. The lowest BCUT2D eigenvalue weighted by molar-refractivity contribution is -0.0699. The normalized spacial score (nSPS) is 18.3. The molecule has 0 unspecified atom stereocenters. The summed E-state index contributed by atoms with van der Waals surface area (Å²) < 4.78 is 12.0. The molecule has 4 rings (SSSR count). The monoisotopic (exact) mass is 538 g/mol. The summed E-state index contributed by atoms with van der Waals surface area (Å²) in [5, 5.41) is 10.3. The van der Waals surface area contributed by atoms with E-state index in [1.54, 1.807) is 7.05 Å². The van der Waals surface area contributed by atoms with E-state index in [1.807, 2.05) is 42.5 Å². The SMILES string of the molecule is CNC(=O)c1sc(C(C)(C)C)cc1NC(=O)Nc1ccc(OCCN2C[C@H](C)O[C@@H](C)C2)c2ccccc12. The lowest BCUT2D eigenvalue weighted by Crippen LogP contribution is -2.46. The first-order valence-corrected chi connectivity index (χ1v) is 13.8. The molecular formula is C29H38N4O4S. The van der Waals surface area contributed by atoms with Gasteiger partial charge in [0.1, 0.15) is 17.2 Å². The molecule has 1 aliphatic rings. The summed E-state index contributed by atoms with van der Waals surface area (Å²) in [4.78, 5) is 29.3. The molecule has 3 N–H and O–H groups in total. The van der Waals surface area contributed by atoms with Crippen LogP contribution in [-0.2, 0) is 10.2 Å². The molecule has 1 fully saturated rings. The molecule has 1 aliphatic heterocycles. The van der Waals surface area contributed by atoms with E-state index in [0.29, 0.717) is 22.9 Å². The lowest BCUT2D eigenvalue weighted by Gasteiger charge is -2.35. The number of anilines is 2. The number of benzene rings is 2. The number of amides is 3. The Labute approximate surface area is 228 Å². The van der Waals surface area contributed by atoms with Crippen molar-refractivity contribution in [1.82, 2.24) is 10.2 Å². The molecule has 1 saturated heterocycles. The Morgan fingerprint density at radius 2 is 1.68 bits per heavy atom. The van der Waals surface area contributed by atoms with Crippen LogP contribution < -0.4 is 20.7 Å². The largest absolute Gasteiger partial charge is 0.492 e. The van der Waals surface area contributed by atoms with Gasteiger partial charge in [0.05, 0.1) is 23.6 Å². The van der Waals surface area contributed by atoms with Crippen LogP contribution in [0.15, 0.2) is 42.5 Å². The second-order valence-corrected chi connectivity index (χ2v) is 11.8. The standard InChI is InChI=1S/C29H38N4O4S/c1-18-16-33(17-19(2)37-18)13-14-36-24-12-11-22(20-9-7-8-10-21(20)24)31-28(35)32-23-15-25(29(3,4)5)38-26(23)27(34)30-6/h7-12,15,18-19H,13-14,16-17H2,1-6H3,(H,30,34)(H2,31,32,35)/t18-,19-/m0/s1. The van der Waals surface area contributed by atoms with Crippen LogP contribution in [0.3, 0.4) is 0 Å². The van der Waals surface area contributed by atoms with Crippen LogP contribution in [0.4, 0.5) is 16.2 Å². The number of thiophene rings is 1. The first-order valence-electron chi connectivity index (χ1n) is 13.0. The predicted molar refractivity (Wildman–Crippen MR) is 155 cm³/mol. The van der Waals surface area contributed by atoms with Gasteiger partial charge in [-0.25, -0.2) is 4.79 Å². The minimum Gasteiger partial charge on any atom is -0.492 e. The quantitative estimate of drug-likeness (QED) is 0.359. The number of carbonyl (C=O) groups excluding carboxylic acids is 2. The zero-order valence-electron chi connectivity index (χ0n) is 23.0. The van der Waals surface area contributed by atoms with E-state index >= 15 is 0 Å². The highest BCUT2D eigenvalue weighted by Crippen LogP contribution is 2.36. The van der Waals surface area contributed by atoms with Crippen molar-refractivity contribution in [2.45, 2.75) is 52.2 Å². The number of ether oxygens (including phenoxy) is 2. The van der Waals surface area contributed by atoms with Crippen molar-refractivity contribution < 1.29 is 19.1 Å². The molecule has 0 saturated carbocycles. The summed E-state index contributed by atoms with van der Waals surface area (Å²) in [6, 6.07) is 13.0. The van der Waals surface area contributed by atoms with Crippen molar-refractivity contribution in [3.63, 3.8) is 0 Å². The Balaban J connectivity index is 1.47. The van der Waals surface area contributed by atoms with Crippen molar-refractivity contribution in [1.29, 1.82) is 0 Å². The number of nitrogens with one attached hydrogen (secondary N) is 3. The average molecular weight is 539 g/mol. The van der Waals surface area contributed by atoms with E-state index < -0.39 is 6.03 Å². The van der Waals surface area contributed by atoms with Gasteiger partial charge in [-0.05, 0) is 37.5 Å². The van der Waals surface area contributed by atoms with Crippen LogP contribution in [0.5, 0.6) is 5.75 Å². The van der Waals surface area contributed by atoms with Gasteiger partial charge in [0, 0.05) is 42.3 Å². The van der Waals surface area contributed by atoms with Crippen LogP contribution in [-0.4, -0.2) is 62.3 Å². The first-order chi connectivity index (χ1) is 18.0. The number of morpholine rings is 1. The smallest absolute Gasteiger partial charge is 0.323 e. The highest BCUT2D eigenvalue weighted by Gasteiger charge is 2.24. The van der Waals surface area contributed by atoms with Gasteiger partial charge in [0.25, 0.3) is 5.91 Å². The van der Waals surface area contributed by atoms with Gasteiger partial charge < -0.3 is 25.4 Å². The van der Waals surface area contributed by atoms with Gasteiger partial charge in [0.15, 0.2) is 0 Å². The van der Waals surface area contributed by atoms with Crippen molar-refractivity contribution in [3.05, 3.63) is 52.2 Å². The zero-order valence-corrected chi connectivity index (χ0v) is 23.8. The molecule has 1 aromatic heterocycles. The maximum absolute atomic E-state index is 13.0. The zero-order chi connectivity index (χ0) is 27.4. The van der Waals surface area contributed by atoms with Crippen molar-refractivity contribution in [3.8, 4) is 5.75 Å². The molecule has 8 nitrogen and oxygen atoms in total. The van der Waals surface area contributed by atoms with Gasteiger partial charge in [-0.3, -0.25) is 9.69 Å². The lowest BCUT2D eigenvalue weighted by atomic mass is 9.94. The van der Waals surface area contributed by atoms with Crippen LogP contribution in [0.25, 0.3) is 10.8 Å². The Kier molecular flexibility index (Phi) is 8.60. The van der Waals surface area contributed by atoms with E-state index in [-0.39, 0.29) is 23.5 Å². The maximum atomic E-state index is 13.0. The molecule has 0 aliphatic carbocycles. The third kappa shape index (κ3) is 6.64. The summed E-state index contributed by atoms with van der Waals surface area (Å²) in [5.41, 5.74) is 1.01. The van der Waals surface area contributed by atoms with E-state index in [1.165, 1.54) is 11.3 Å². The van der Waals surface area contributed by atoms with Crippen LogP contribution >= 0.6 is 11.3 Å². The van der Waals surface area contributed by atoms with Crippen molar-refractivity contribution >= 4 is 45.4 Å². The Morgan fingerprint density at radius 3 is 2.34 bits per heavy atom. The highest BCUT2D eigenvalue weighted by molar-refractivity contribution is 7.14. The van der Waals surface area contributed by atoms with Gasteiger partial charge >= 0.3 is 6.03 Å². The van der Waals surface area contributed by atoms with E-state index in [2.05, 4.69) is 55.5 Å². The van der Waals surface area contributed by atoms with Crippen LogP contribution in [0, 0.1) is 0 Å². The fourth-order valence-corrected chi connectivity index (χ4v) is 5.79. The molecule has 3 aromatic rings. The minimum atomic E-state index is -0.414. The Bertz CT molecular complexity index is 1290. The molecule has 9 heteroatoms. The second-order valence-electron chi connectivity index (χ2n) is 10.8. The molecule has 0 radical (unpaired) electrons. The number of hydrogen-bond acceptors (Lipinski definition) is 6. The molecular weight excluding hydrogens is 500 g/mol. The van der Waals surface area contributed by atoms with E-state index in [4.69, 9.17) is 9.47 Å². The van der Waals surface area contributed by atoms with Crippen molar-refractivity contribution in [2.75, 3.05) is 43.9 Å². The molecule has 2 atom stereocenters. The third-order valence-corrected chi connectivity index (χ3v) is 8.00.